The zero-order chi connectivity index (χ0) is 27.9. The van der Waals surface area contributed by atoms with Gasteiger partial charge in [-0.3, -0.25) is 13.9 Å². The van der Waals surface area contributed by atoms with Crippen molar-refractivity contribution in [3.05, 3.63) is 100 Å². The predicted molar refractivity (Wildman–Crippen MR) is 148 cm³/mol. The van der Waals surface area contributed by atoms with Gasteiger partial charge in [0.25, 0.3) is 0 Å². The van der Waals surface area contributed by atoms with Crippen molar-refractivity contribution >= 4 is 39.1 Å². The number of sulfonamides is 1. The maximum Gasteiger partial charge on any atom is 0.244 e. The number of hydrogen-bond donors (Lipinski definition) is 1. The Bertz CT molecular complexity index is 1370. The van der Waals surface area contributed by atoms with Gasteiger partial charge in [0.1, 0.15) is 18.4 Å². The summed E-state index contributed by atoms with van der Waals surface area (Å²) in [6, 6.07) is 18.7. The van der Waals surface area contributed by atoms with Gasteiger partial charge < -0.3 is 10.2 Å². The molecule has 0 bridgehead atoms. The monoisotopic (exact) mass is 559 g/mol. The van der Waals surface area contributed by atoms with Gasteiger partial charge in [-0.1, -0.05) is 60.1 Å². The zero-order valence-corrected chi connectivity index (χ0v) is 23.1. The van der Waals surface area contributed by atoms with Crippen molar-refractivity contribution in [1.82, 2.24) is 10.2 Å². The summed E-state index contributed by atoms with van der Waals surface area (Å²) in [4.78, 5) is 28.5. The molecule has 202 valence electrons. The molecule has 0 aliphatic carbocycles. The molecule has 7 nitrogen and oxygen atoms in total. The fourth-order valence-electron chi connectivity index (χ4n) is 4.09. The zero-order valence-electron chi connectivity index (χ0n) is 21.5. The largest absolute Gasteiger partial charge is 0.355 e. The average molecular weight is 560 g/mol. The van der Waals surface area contributed by atoms with Crippen LogP contribution in [-0.4, -0.2) is 50.5 Å². The van der Waals surface area contributed by atoms with Crippen LogP contribution in [0.2, 0.25) is 5.02 Å². The molecule has 10 heteroatoms. The highest BCUT2D eigenvalue weighted by atomic mass is 35.5. The molecule has 3 aromatic carbocycles. The number of likely N-dealkylation sites (N-methyl/N-ethyl adjacent to an activating group) is 1. The Hall–Kier alpha value is -3.43. The van der Waals surface area contributed by atoms with Gasteiger partial charge in [0.2, 0.25) is 21.8 Å². The summed E-state index contributed by atoms with van der Waals surface area (Å²) in [6.07, 6.45) is 1.21. The van der Waals surface area contributed by atoms with Crippen LogP contribution >= 0.6 is 11.6 Å². The molecule has 2 amide bonds. The van der Waals surface area contributed by atoms with Crippen molar-refractivity contribution in [3.63, 3.8) is 0 Å². The first-order chi connectivity index (χ1) is 18.0. The summed E-state index contributed by atoms with van der Waals surface area (Å²) in [5.41, 5.74) is 2.19. The van der Waals surface area contributed by atoms with Gasteiger partial charge in [-0.2, -0.15) is 0 Å². The molecule has 0 unspecified atom stereocenters. The highest BCUT2D eigenvalue weighted by Gasteiger charge is 2.33. The lowest BCUT2D eigenvalue weighted by atomic mass is 10.0. The van der Waals surface area contributed by atoms with E-state index in [1.807, 2.05) is 30.3 Å². The van der Waals surface area contributed by atoms with E-state index >= 15 is 0 Å². The molecule has 3 rings (SSSR count). The fraction of sp³-hybridized carbons (Fsp3) is 0.286. The lowest BCUT2D eigenvalue weighted by Crippen LogP contribution is -2.53. The molecule has 0 fully saturated rings. The van der Waals surface area contributed by atoms with Crippen molar-refractivity contribution in [1.29, 1.82) is 0 Å². The van der Waals surface area contributed by atoms with E-state index in [4.69, 9.17) is 11.6 Å². The quantitative estimate of drug-likeness (QED) is 0.379. The Morgan fingerprint density at radius 2 is 1.63 bits per heavy atom. The second kappa shape index (κ2) is 12.9. The molecule has 0 aliphatic heterocycles. The minimum absolute atomic E-state index is 0.0279. The van der Waals surface area contributed by atoms with Crippen LogP contribution in [-0.2, 0) is 32.6 Å². The number of carbonyl (C=O) groups excluding carboxylic acids is 2. The fourth-order valence-corrected chi connectivity index (χ4v) is 5.16. The van der Waals surface area contributed by atoms with Gasteiger partial charge in [0.15, 0.2) is 0 Å². The third kappa shape index (κ3) is 7.55. The van der Waals surface area contributed by atoms with E-state index in [9.17, 15) is 22.4 Å². The van der Waals surface area contributed by atoms with Gasteiger partial charge >= 0.3 is 0 Å². The second-order valence-corrected chi connectivity index (χ2v) is 11.2. The molecular formula is C28H31ClFN3O4S. The smallest absolute Gasteiger partial charge is 0.244 e. The Morgan fingerprint density at radius 1 is 0.974 bits per heavy atom. The van der Waals surface area contributed by atoms with Crippen molar-refractivity contribution in [2.75, 3.05) is 23.7 Å². The number of carbonyl (C=O) groups is 2. The Labute approximate surface area is 228 Å². The molecule has 0 aromatic heterocycles. The minimum Gasteiger partial charge on any atom is -0.355 e. The minimum atomic E-state index is -3.90. The van der Waals surface area contributed by atoms with Crippen LogP contribution in [0.3, 0.4) is 0 Å². The number of nitrogens with one attached hydrogen (secondary N) is 1. The summed E-state index contributed by atoms with van der Waals surface area (Å²) < 4.78 is 40.3. The molecule has 0 aliphatic rings. The molecule has 1 atom stereocenters. The standard InChI is InChI=1S/C28H31ClFN3O4S/c1-4-31-28(35)26(17-21-9-6-5-7-10-21)32(18-22-13-15-23(30)16-14-22)27(34)19-33(38(3,36)37)25-12-8-11-24(29)20(25)2/h5-16,26H,4,17-19H2,1-3H3,(H,31,35)/t26-/m0/s1. The van der Waals surface area contributed by atoms with Crippen LogP contribution < -0.4 is 9.62 Å². The molecular weight excluding hydrogens is 529 g/mol. The van der Waals surface area contributed by atoms with Crippen LogP contribution in [0.25, 0.3) is 0 Å². The van der Waals surface area contributed by atoms with E-state index in [1.54, 1.807) is 32.0 Å². The maximum absolute atomic E-state index is 13.9. The summed E-state index contributed by atoms with van der Waals surface area (Å²) in [5.74, 6) is -1.40. The van der Waals surface area contributed by atoms with Gasteiger partial charge in [0.05, 0.1) is 11.9 Å². The van der Waals surface area contributed by atoms with Crippen LogP contribution in [0.1, 0.15) is 23.6 Å². The summed E-state index contributed by atoms with van der Waals surface area (Å²) in [5, 5.41) is 3.14. The number of amides is 2. The number of benzene rings is 3. The van der Waals surface area contributed by atoms with Crippen molar-refractivity contribution in [2.45, 2.75) is 32.9 Å². The number of hydrogen-bond acceptors (Lipinski definition) is 4. The molecule has 3 aromatic rings. The predicted octanol–water partition coefficient (Wildman–Crippen LogP) is 4.33. The summed E-state index contributed by atoms with van der Waals surface area (Å²) >= 11 is 6.24. The van der Waals surface area contributed by atoms with Crippen molar-refractivity contribution in [2.24, 2.45) is 0 Å². The maximum atomic E-state index is 13.9. The highest BCUT2D eigenvalue weighted by molar-refractivity contribution is 7.92. The van der Waals surface area contributed by atoms with Crippen molar-refractivity contribution < 1.29 is 22.4 Å². The van der Waals surface area contributed by atoms with Crippen LogP contribution in [0.15, 0.2) is 72.8 Å². The third-order valence-electron chi connectivity index (χ3n) is 6.08. The summed E-state index contributed by atoms with van der Waals surface area (Å²) in [7, 11) is -3.90. The topological polar surface area (TPSA) is 86.8 Å². The third-order valence-corrected chi connectivity index (χ3v) is 7.61. The SMILES string of the molecule is CCNC(=O)[C@H](Cc1ccccc1)N(Cc1ccc(F)cc1)C(=O)CN(c1cccc(Cl)c1C)S(C)(=O)=O. The Balaban J connectivity index is 2.06. The number of nitrogens with zero attached hydrogens (tertiary/aromatic N) is 2. The number of halogens is 2. The van der Waals surface area contributed by atoms with Gasteiger partial charge in [0, 0.05) is 24.5 Å². The Kier molecular flexibility index (Phi) is 9.88. The average Bonchev–Trinajstić information content (AvgIpc) is 2.87. The Morgan fingerprint density at radius 3 is 2.24 bits per heavy atom. The first kappa shape index (κ1) is 29.1. The van der Waals surface area contributed by atoms with Gasteiger partial charge in [-0.15, -0.1) is 0 Å². The van der Waals surface area contributed by atoms with E-state index in [2.05, 4.69) is 5.32 Å². The molecule has 0 saturated heterocycles. The lowest BCUT2D eigenvalue weighted by molar-refractivity contribution is -0.140. The molecule has 1 N–H and O–H groups in total. The van der Waals surface area contributed by atoms with Crippen LogP contribution in [0, 0.1) is 12.7 Å². The van der Waals surface area contributed by atoms with Gasteiger partial charge in [-0.05, 0) is 54.8 Å². The van der Waals surface area contributed by atoms with E-state index < -0.39 is 34.3 Å². The molecule has 0 saturated carbocycles. The van der Waals surface area contributed by atoms with E-state index in [0.717, 1.165) is 16.1 Å². The second-order valence-electron chi connectivity index (χ2n) is 8.90. The molecule has 0 heterocycles. The van der Waals surface area contributed by atoms with E-state index in [-0.39, 0.29) is 24.6 Å². The van der Waals surface area contributed by atoms with Crippen LogP contribution in [0.4, 0.5) is 10.1 Å². The van der Waals surface area contributed by atoms with E-state index in [0.29, 0.717) is 22.7 Å². The highest BCUT2D eigenvalue weighted by Crippen LogP contribution is 2.28. The first-order valence-electron chi connectivity index (χ1n) is 12.1. The van der Waals surface area contributed by atoms with Crippen molar-refractivity contribution in [3.8, 4) is 0 Å². The molecule has 0 spiro atoms. The summed E-state index contributed by atoms with van der Waals surface area (Å²) in [6.45, 7) is 3.21. The van der Waals surface area contributed by atoms with Crippen LogP contribution in [0.5, 0.6) is 0 Å². The molecule has 38 heavy (non-hydrogen) atoms. The lowest BCUT2D eigenvalue weighted by Gasteiger charge is -2.33. The van der Waals surface area contributed by atoms with E-state index in [1.165, 1.54) is 29.2 Å². The van der Waals surface area contributed by atoms with Gasteiger partial charge in [-0.25, -0.2) is 12.8 Å². The normalized spacial score (nSPS) is 12.0. The number of rotatable bonds is 11. The molecule has 0 radical (unpaired) electrons. The number of anilines is 1. The first-order valence-corrected chi connectivity index (χ1v) is 14.3.